The van der Waals surface area contributed by atoms with Crippen molar-refractivity contribution in [2.24, 2.45) is 0 Å². The summed E-state index contributed by atoms with van der Waals surface area (Å²) in [6.45, 7) is 5.65. The Morgan fingerprint density at radius 1 is 1.00 bits per heavy atom. The number of hydrogen-bond acceptors (Lipinski definition) is 6. The molecule has 0 atom stereocenters. The Hall–Kier alpha value is -3.15. The Kier molecular flexibility index (Phi) is 6.20. The summed E-state index contributed by atoms with van der Waals surface area (Å²) < 4.78 is 5.19. The summed E-state index contributed by atoms with van der Waals surface area (Å²) in [7, 11) is 1.66. The van der Waals surface area contributed by atoms with Gasteiger partial charge in [0.2, 0.25) is 5.95 Å². The van der Waals surface area contributed by atoms with Crippen LogP contribution in [0.5, 0.6) is 5.75 Å². The summed E-state index contributed by atoms with van der Waals surface area (Å²) in [6, 6.07) is 18.5. The minimum atomic E-state index is 0.254. The van der Waals surface area contributed by atoms with Gasteiger partial charge in [-0.2, -0.15) is 10.1 Å². The van der Waals surface area contributed by atoms with Crippen molar-refractivity contribution in [3.05, 3.63) is 71.9 Å². The first-order chi connectivity index (χ1) is 13.2. The molecule has 0 aliphatic heterocycles. The van der Waals surface area contributed by atoms with Crippen molar-refractivity contribution in [3.8, 4) is 5.75 Å². The molecule has 0 aliphatic rings. The number of aromatic nitrogens is 3. The van der Waals surface area contributed by atoms with Gasteiger partial charge in [-0.15, -0.1) is 5.10 Å². The van der Waals surface area contributed by atoms with Gasteiger partial charge in [0.15, 0.2) is 5.82 Å². The normalized spacial score (nSPS) is 10.7. The zero-order valence-corrected chi connectivity index (χ0v) is 16.0. The Bertz CT molecular complexity index is 837. The van der Waals surface area contributed by atoms with Crippen molar-refractivity contribution in [2.75, 3.05) is 17.3 Å². The third kappa shape index (κ3) is 5.17. The predicted octanol–water partition coefficient (Wildman–Crippen LogP) is 3.91. The molecular weight excluding hydrogens is 338 g/mol. The van der Waals surface area contributed by atoms with Gasteiger partial charge in [0.1, 0.15) is 5.75 Å². The van der Waals surface area contributed by atoms with E-state index in [1.54, 1.807) is 13.3 Å². The van der Waals surface area contributed by atoms with Crippen LogP contribution < -0.4 is 15.0 Å². The third-order valence-electron chi connectivity index (χ3n) is 4.26. The van der Waals surface area contributed by atoms with E-state index in [2.05, 4.69) is 51.4 Å². The monoisotopic (exact) mass is 363 g/mol. The minimum Gasteiger partial charge on any atom is -0.497 e. The highest BCUT2D eigenvalue weighted by atomic mass is 16.5. The molecule has 6 heteroatoms. The highest BCUT2D eigenvalue weighted by molar-refractivity contribution is 5.41. The molecule has 0 fully saturated rings. The first-order valence-corrected chi connectivity index (χ1v) is 9.03. The van der Waals surface area contributed by atoms with E-state index in [1.165, 1.54) is 5.56 Å². The van der Waals surface area contributed by atoms with E-state index in [-0.39, 0.29) is 6.04 Å². The number of rotatable bonds is 8. The number of anilines is 2. The molecule has 1 heterocycles. The Morgan fingerprint density at radius 3 is 2.41 bits per heavy atom. The van der Waals surface area contributed by atoms with Gasteiger partial charge in [0.05, 0.1) is 13.3 Å². The van der Waals surface area contributed by atoms with Crippen molar-refractivity contribution >= 4 is 11.8 Å². The molecule has 0 amide bonds. The smallest absolute Gasteiger partial charge is 0.247 e. The van der Waals surface area contributed by atoms with Crippen LogP contribution in [0.4, 0.5) is 11.8 Å². The second-order valence-electron chi connectivity index (χ2n) is 6.55. The molecule has 0 saturated heterocycles. The zero-order valence-electron chi connectivity index (χ0n) is 16.0. The molecule has 0 spiro atoms. The molecule has 2 aromatic carbocycles. The quantitative estimate of drug-likeness (QED) is 0.655. The van der Waals surface area contributed by atoms with Crippen molar-refractivity contribution < 1.29 is 4.74 Å². The van der Waals surface area contributed by atoms with E-state index in [0.29, 0.717) is 18.3 Å². The van der Waals surface area contributed by atoms with Crippen molar-refractivity contribution in [1.82, 2.24) is 15.2 Å². The van der Waals surface area contributed by atoms with Gasteiger partial charge in [-0.05, 0) is 37.1 Å². The van der Waals surface area contributed by atoms with Crippen LogP contribution in [0.25, 0.3) is 0 Å². The molecule has 0 saturated carbocycles. The molecule has 0 unspecified atom stereocenters. The van der Waals surface area contributed by atoms with E-state index in [9.17, 15) is 0 Å². The minimum absolute atomic E-state index is 0.254. The first-order valence-electron chi connectivity index (χ1n) is 9.03. The highest BCUT2D eigenvalue weighted by Crippen LogP contribution is 2.17. The Labute approximate surface area is 160 Å². The maximum absolute atomic E-state index is 5.19. The third-order valence-corrected chi connectivity index (χ3v) is 4.26. The van der Waals surface area contributed by atoms with E-state index in [4.69, 9.17) is 4.74 Å². The SMILES string of the molecule is COc1ccc(CNc2cnnc(N(Cc3ccccc3)C(C)C)n2)cc1. The van der Waals surface area contributed by atoms with Crippen molar-refractivity contribution in [2.45, 2.75) is 33.0 Å². The van der Waals surface area contributed by atoms with Gasteiger partial charge in [0.25, 0.3) is 0 Å². The van der Waals surface area contributed by atoms with E-state index >= 15 is 0 Å². The first kappa shape index (κ1) is 18.6. The fourth-order valence-electron chi connectivity index (χ4n) is 2.70. The largest absolute Gasteiger partial charge is 0.497 e. The van der Waals surface area contributed by atoms with Gasteiger partial charge < -0.3 is 15.0 Å². The van der Waals surface area contributed by atoms with Crippen LogP contribution in [-0.2, 0) is 13.1 Å². The summed E-state index contributed by atoms with van der Waals surface area (Å²) in [6.07, 6.45) is 1.65. The van der Waals surface area contributed by atoms with Gasteiger partial charge in [0, 0.05) is 19.1 Å². The van der Waals surface area contributed by atoms with E-state index in [1.807, 2.05) is 42.5 Å². The van der Waals surface area contributed by atoms with E-state index in [0.717, 1.165) is 17.9 Å². The van der Waals surface area contributed by atoms with Crippen molar-refractivity contribution in [3.63, 3.8) is 0 Å². The second-order valence-corrected chi connectivity index (χ2v) is 6.55. The number of hydrogen-bond donors (Lipinski definition) is 1. The number of ether oxygens (including phenoxy) is 1. The van der Waals surface area contributed by atoms with Crippen LogP contribution in [0.1, 0.15) is 25.0 Å². The fourth-order valence-corrected chi connectivity index (χ4v) is 2.70. The molecule has 140 valence electrons. The summed E-state index contributed by atoms with van der Waals surface area (Å²) in [5.41, 5.74) is 2.35. The highest BCUT2D eigenvalue weighted by Gasteiger charge is 2.15. The lowest BCUT2D eigenvalue weighted by molar-refractivity contribution is 0.414. The second kappa shape index (κ2) is 8.98. The molecule has 6 nitrogen and oxygen atoms in total. The molecule has 0 bridgehead atoms. The van der Waals surface area contributed by atoms with Crippen LogP contribution in [-0.4, -0.2) is 28.3 Å². The Morgan fingerprint density at radius 2 is 1.74 bits per heavy atom. The van der Waals surface area contributed by atoms with Crippen LogP contribution >= 0.6 is 0 Å². The molecule has 1 N–H and O–H groups in total. The standard InChI is InChI=1S/C21H25N5O/c1-16(2)26(15-18-7-5-4-6-8-18)21-24-20(14-23-25-21)22-13-17-9-11-19(27-3)12-10-17/h4-12,14,16H,13,15H2,1-3H3,(H,22,24,25). The fraction of sp³-hybridized carbons (Fsp3) is 0.286. The molecule has 3 rings (SSSR count). The molecule has 3 aromatic rings. The lowest BCUT2D eigenvalue weighted by atomic mass is 10.2. The number of benzene rings is 2. The summed E-state index contributed by atoms with van der Waals surface area (Å²) in [4.78, 5) is 6.80. The van der Waals surface area contributed by atoms with Crippen molar-refractivity contribution in [1.29, 1.82) is 0 Å². The van der Waals surface area contributed by atoms with Crippen LogP contribution in [0.3, 0.4) is 0 Å². The van der Waals surface area contributed by atoms with Crippen LogP contribution in [0, 0.1) is 0 Å². The number of methoxy groups -OCH3 is 1. The Balaban J connectivity index is 1.70. The molecule has 27 heavy (non-hydrogen) atoms. The maximum Gasteiger partial charge on any atom is 0.247 e. The lowest BCUT2D eigenvalue weighted by Gasteiger charge is -2.26. The van der Waals surface area contributed by atoms with Crippen LogP contribution in [0.15, 0.2) is 60.8 Å². The van der Waals surface area contributed by atoms with Gasteiger partial charge in [-0.3, -0.25) is 0 Å². The predicted molar refractivity (Wildman–Crippen MR) is 108 cm³/mol. The zero-order chi connectivity index (χ0) is 19.1. The van der Waals surface area contributed by atoms with Crippen LogP contribution in [0.2, 0.25) is 0 Å². The average Bonchev–Trinajstić information content (AvgIpc) is 2.71. The summed E-state index contributed by atoms with van der Waals surface area (Å²) in [5, 5.41) is 11.7. The molecule has 0 radical (unpaired) electrons. The average molecular weight is 363 g/mol. The summed E-state index contributed by atoms with van der Waals surface area (Å²) >= 11 is 0. The number of nitrogens with zero attached hydrogens (tertiary/aromatic N) is 4. The van der Waals surface area contributed by atoms with Gasteiger partial charge in [-0.25, -0.2) is 0 Å². The molecular formula is C21H25N5O. The maximum atomic E-state index is 5.19. The topological polar surface area (TPSA) is 63.2 Å². The van der Waals surface area contributed by atoms with Gasteiger partial charge in [-0.1, -0.05) is 42.5 Å². The lowest BCUT2D eigenvalue weighted by Crippen LogP contribution is -2.32. The molecule has 0 aliphatic carbocycles. The summed E-state index contributed by atoms with van der Waals surface area (Å²) in [5.74, 6) is 2.17. The molecule has 1 aromatic heterocycles. The van der Waals surface area contributed by atoms with E-state index < -0.39 is 0 Å². The van der Waals surface area contributed by atoms with Gasteiger partial charge >= 0.3 is 0 Å². The number of nitrogens with one attached hydrogen (secondary N) is 1.